The molecule has 0 aliphatic carbocycles. The summed E-state index contributed by atoms with van der Waals surface area (Å²) >= 11 is 0. The van der Waals surface area contributed by atoms with Gasteiger partial charge in [0.05, 0.1) is 22.4 Å². The molecule has 6 heteroatoms. The first kappa shape index (κ1) is 22.3. The summed E-state index contributed by atoms with van der Waals surface area (Å²) in [5, 5.41) is 25.1. The molecule has 29 heavy (non-hydrogen) atoms. The summed E-state index contributed by atoms with van der Waals surface area (Å²) in [7, 11) is 0. The highest BCUT2D eigenvalue weighted by Gasteiger charge is 2.29. The van der Waals surface area contributed by atoms with Crippen molar-refractivity contribution in [2.45, 2.75) is 38.5 Å². The Balaban J connectivity index is 1.74. The Labute approximate surface area is 172 Å². The van der Waals surface area contributed by atoms with Gasteiger partial charge in [-0.1, -0.05) is 37.3 Å². The normalized spacial score (nSPS) is 12.2. The van der Waals surface area contributed by atoms with Crippen molar-refractivity contribution in [3.63, 3.8) is 0 Å². The number of carbonyl (C=O) groups is 1. The minimum atomic E-state index is -0.886. The van der Waals surface area contributed by atoms with Crippen LogP contribution in [-0.4, -0.2) is 30.7 Å². The smallest absolute Gasteiger partial charge is 0.313 e. The van der Waals surface area contributed by atoms with Crippen LogP contribution in [0.1, 0.15) is 49.8 Å². The fourth-order valence-corrected chi connectivity index (χ4v) is 3.04. The summed E-state index contributed by atoms with van der Waals surface area (Å²) in [5.41, 5.74) is 8.83. The van der Waals surface area contributed by atoms with Gasteiger partial charge in [-0.05, 0) is 56.0 Å². The van der Waals surface area contributed by atoms with Crippen molar-refractivity contribution in [1.29, 1.82) is 5.26 Å². The van der Waals surface area contributed by atoms with Gasteiger partial charge in [-0.15, -0.1) is 0 Å². The van der Waals surface area contributed by atoms with Gasteiger partial charge in [-0.3, -0.25) is 4.79 Å². The Bertz CT molecular complexity index is 869. The summed E-state index contributed by atoms with van der Waals surface area (Å²) < 4.78 is 0. The van der Waals surface area contributed by atoms with Crippen LogP contribution in [0.5, 0.6) is 0 Å². The van der Waals surface area contributed by atoms with E-state index in [-0.39, 0.29) is 0 Å². The predicted molar refractivity (Wildman–Crippen MR) is 117 cm³/mol. The number of carboxylic acids is 1. The number of nitrogens with zero attached hydrogens (tertiary/aromatic N) is 1. The third-order valence-electron chi connectivity index (χ3n) is 5.26. The van der Waals surface area contributed by atoms with Gasteiger partial charge in [0.1, 0.15) is 6.07 Å². The third kappa shape index (κ3) is 5.72. The molecule has 2 aromatic rings. The van der Waals surface area contributed by atoms with Crippen molar-refractivity contribution < 1.29 is 9.90 Å². The highest BCUT2D eigenvalue weighted by Crippen LogP contribution is 2.25. The Morgan fingerprint density at radius 3 is 2.52 bits per heavy atom. The highest BCUT2D eigenvalue weighted by atomic mass is 16.4. The van der Waals surface area contributed by atoms with Gasteiger partial charge in [-0.2, -0.15) is 5.26 Å². The topological polar surface area (TPSA) is 111 Å². The van der Waals surface area contributed by atoms with E-state index in [1.165, 1.54) is 5.56 Å². The second-order valence-electron chi connectivity index (χ2n) is 7.82. The molecule has 0 bridgehead atoms. The maximum absolute atomic E-state index is 11.4. The van der Waals surface area contributed by atoms with E-state index in [4.69, 9.17) is 11.0 Å². The van der Waals surface area contributed by atoms with Crippen molar-refractivity contribution in [3.8, 4) is 6.07 Å². The van der Waals surface area contributed by atoms with E-state index in [1.54, 1.807) is 19.9 Å². The second-order valence-corrected chi connectivity index (χ2v) is 7.82. The van der Waals surface area contributed by atoms with E-state index in [9.17, 15) is 9.90 Å². The van der Waals surface area contributed by atoms with Crippen LogP contribution in [0.3, 0.4) is 0 Å². The molecule has 5 N–H and O–H groups in total. The van der Waals surface area contributed by atoms with Gasteiger partial charge >= 0.3 is 5.97 Å². The lowest BCUT2D eigenvalue weighted by molar-refractivity contribution is -0.142. The lowest BCUT2D eigenvalue weighted by atomic mass is 9.84. The summed E-state index contributed by atoms with van der Waals surface area (Å²) in [6.07, 6.45) is 0.925. The number of para-hydroxylation sites is 1. The zero-order valence-corrected chi connectivity index (χ0v) is 17.3. The SMILES string of the molecule is C[C@H](CNCCCNc1cccc(C#N)c1N)c1ccc(C(C)(C)C(=O)O)cc1. The largest absolute Gasteiger partial charge is 0.481 e. The first-order valence-corrected chi connectivity index (χ1v) is 9.84. The van der Waals surface area contributed by atoms with Crippen molar-refractivity contribution in [1.82, 2.24) is 5.32 Å². The van der Waals surface area contributed by atoms with Gasteiger partial charge in [0.15, 0.2) is 0 Å². The molecule has 0 aliphatic rings. The number of benzene rings is 2. The van der Waals surface area contributed by atoms with Crippen LogP contribution in [0, 0.1) is 11.3 Å². The lowest BCUT2D eigenvalue weighted by Crippen LogP contribution is -2.28. The quantitative estimate of drug-likeness (QED) is 0.361. The van der Waals surface area contributed by atoms with Crippen LogP contribution in [0.15, 0.2) is 42.5 Å². The number of aliphatic carboxylic acids is 1. The van der Waals surface area contributed by atoms with E-state index in [2.05, 4.69) is 23.6 Å². The number of nitrogens with one attached hydrogen (secondary N) is 2. The number of carboxylic acid groups (broad SMARTS) is 1. The van der Waals surface area contributed by atoms with Crippen LogP contribution in [-0.2, 0) is 10.2 Å². The van der Waals surface area contributed by atoms with Crippen molar-refractivity contribution >= 4 is 17.3 Å². The van der Waals surface area contributed by atoms with Crippen LogP contribution >= 0.6 is 0 Å². The van der Waals surface area contributed by atoms with Crippen LogP contribution in [0.25, 0.3) is 0 Å². The Morgan fingerprint density at radius 2 is 1.90 bits per heavy atom. The molecule has 0 saturated heterocycles. The van der Waals surface area contributed by atoms with Crippen molar-refractivity contribution in [3.05, 3.63) is 59.2 Å². The number of anilines is 2. The number of hydrogen-bond donors (Lipinski definition) is 4. The summed E-state index contributed by atoms with van der Waals surface area (Å²) in [5.74, 6) is -0.498. The van der Waals surface area contributed by atoms with Gasteiger partial charge in [-0.25, -0.2) is 0 Å². The standard InChI is InChI=1S/C23H30N4O2/c1-16(17-8-10-19(11-9-17)23(2,3)22(28)29)15-26-12-5-13-27-20-7-4-6-18(14-24)21(20)25/h4,6-11,16,26-27H,5,12-13,15,25H2,1-3H3,(H,28,29)/t16-/m1/s1. The zero-order valence-electron chi connectivity index (χ0n) is 17.3. The summed E-state index contributed by atoms with van der Waals surface area (Å²) in [6, 6.07) is 15.3. The molecule has 0 heterocycles. The van der Waals surface area contributed by atoms with E-state index in [0.29, 0.717) is 17.2 Å². The maximum atomic E-state index is 11.4. The predicted octanol–water partition coefficient (Wildman–Crippen LogP) is 3.70. The zero-order chi connectivity index (χ0) is 21.4. The van der Waals surface area contributed by atoms with E-state index >= 15 is 0 Å². The minimum absolute atomic E-state index is 0.327. The van der Waals surface area contributed by atoms with Gasteiger partial charge < -0.3 is 21.5 Å². The first-order chi connectivity index (χ1) is 13.8. The number of nitrogens with two attached hydrogens (primary N) is 1. The molecule has 6 nitrogen and oxygen atoms in total. The van der Waals surface area contributed by atoms with Crippen molar-refractivity contribution in [2.75, 3.05) is 30.7 Å². The molecule has 1 atom stereocenters. The summed E-state index contributed by atoms with van der Waals surface area (Å²) in [6.45, 7) is 8.05. The maximum Gasteiger partial charge on any atom is 0.313 e. The Hall–Kier alpha value is -3.04. The van der Waals surface area contributed by atoms with E-state index in [1.807, 2.05) is 36.4 Å². The Morgan fingerprint density at radius 1 is 1.21 bits per heavy atom. The van der Waals surface area contributed by atoms with Crippen molar-refractivity contribution in [2.24, 2.45) is 0 Å². The molecule has 0 saturated carbocycles. The molecule has 0 amide bonds. The van der Waals surface area contributed by atoms with Crippen LogP contribution in [0.4, 0.5) is 11.4 Å². The Kier molecular flexibility index (Phi) is 7.63. The molecule has 154 valence electrons. The molecule has 0 aromatic heterocycles. The number of hydrogen-bond acceptors (Lipinski definition) is 5. The van der Waals surface area contributed by atoms with E-state index < -0.39 is 11.4 Å². The van der Waals surface area contributed by atoms with Gasteiger partial charge in [0.2, 0.25) is 0 Å². The molecule has 0 radical (unpaired) electrons. The molecule has 0 fully saturated rings. The minimum Gasteiger partial charge on any atom is -0.481 e. The number of nitrogen functional groups attached to an aromatic ring is 1. The molecule has 0 unspecified atom stereocenters. The van der Waals surface area contributed by atoms with Gasteiger partial charge in [0, 0.05) is 13.1 Å². The van der Waals surface area contributed by atoms with E-state index in [0.717, 1.165) is 37.3 Å². The molecule has 0 aliphatic heterocycles. The lowest BCUT2D eigenvalue weighted by Gasteiger charge is -2.21. The highest BCUT2D eigenvalue weighted by molar-refractivity contribution is 5.80. The average Bonchev–Trinajstić information content (AvgIpc) is 2.71. The average molecular weight is 395 g/mol. The third-order valence-corrected chi connectivity index (χ3v) is 5.26. The molecular weight excluding hydrogens is 364 g/mol. The fourth-order valence-electron chi connectivity index (χ4n) is 3.04. The summed E-state index contributed by atoms with van der Waals surface area (Å²) in [4.78, 5) is 11.4. The second kappa shape index (κ2) is 9.94. The number of rotatable bonds is 10. The first-order valence-electron chi connectivity index (χ1n) is 9.84. The van der Waals surface area contributed by atoms with Crippen LogP contribution in [0.2, 0.25) is 0 Å². The monoisotopic (exact) mass is 394 g/mol. The number of nitriles is 1. The molecule has 0 spiro atoms. The molecule has 2 aromatic carbocycles. The van der Waals surface area contributed by atoms with Gasteiger partial charge in [0.25, 0.3) is 0 Å². The van der Waals surface area contributed by atoms with Crippen LogP contribution < -0.4 is 16.4 Å². The molecular formula is C23H30N4O2. The molecule has 2 rings (SSSR count). The fraction of sp³-hybridized carbons (Fsp3) is 0.391.